The van der Waals surface area contributed by atoms with E-state index in [0.29, 0.717) is 45.7 Å². The van der Waals surface area contributed by atoms with Gasteiger partial charge in [-0.05, 0) is 108 Å². The maximum Gasteiger partial charge on any atom is 0.281 e. The van der Waals surface area contributed by atoms with Gasteiger partial charge in [0.15, 0.2) is 16.6 Å². The monoisotopic (exact) mass is 584 g/mol. The highest BCUT2D eigenvalue weighted by atomic mass is 79.9. The molecule has 0 unspecified atom stereocenters. The van der Waals surface area contributed by atoms with E-state index in [1.54, 1.807) is 30.2 Å². The molecule has 6 nitrogen and oxygen atoms in total. The van der Waals surface area contributed by atoms with Crippen molar-refractivity contribution in [3.05, 3.63) is 87.8 Å². The van der Waals surface area contributed by atoms with Crippen molar-refractivity contribution in [1.29, 1.82) is 0 Å². The van der Waals surface area contributed by atoms with Crippen LogP contribution in [0.4, 0.5) is 10.1 Å². The van der Waals surface area contributed by atoms with Crippen LogP contribution < -0.4 is 19.1 Å². The fourth-order valence-corrected chi connectivity index (χ4v) is 4.67. The van der Waals surface area contributed by atoms with E-state index in [4.69, 9.17) is 26.4 Å². The number of likely N-dealkylation sites (N-methyl/N-ethyl adjacent to an activating group) is 1. The molecule has 1 saturated heterocycles. The van der Waals surface area contributed by atoms with Crippen LogP contribution in [0.2, 0.25) is 0 Å². The Labute approximate surface area is 229 Å². The number of thiocarbonyl (C=S) groups is 1. The predicted molar refractivity (Wildman–Crippen MR) is 149 cm³/mol. The van der Waals surface area contributed by atoms with Crippen LogP contribution in [0.25, 0.3) is 6.08 Å². The first-order valence-electron chi connectivity index (χ1n) is 11.7. The molecule has 0 N–H and O–H groups in total. The van der Waals surface area contributed by atoms with Gasteiger partial charge in [-0.15, -0.1) is 0 Å². The minimum absolute atomic E-state index is 0.234. The Kier molecular flexibility index (Phi) is 8.45. The summed E-state index contributed by atoms with van der Waals surface area (Å²) in [6, 6.07) is 17.0. The molecule has 0 aromatic heterocycles. The molecule has 37 heavy (non-hydrogen) atoms. The Hall–Kier alpha value is -3.43. The summed E-state index contributed by atoms with van der Waals surface area (Å²) in [4.78, 5) is 16.6. The van der Waals surface area contributed by atoms with Gasteiger partial charge < -0.3 is 19.1 Å². The van der Waals surface area contributed by atoms with Gasteiger partial charge in [-0.25, -0.2) is 4.39 Å². The van der Waals surface area contributed by atoms with Gasteiger partial charge in [-0.2, -0.15) is 0 Å². The third-order valence-corrected chi connectivity index (χ3v) is 6.64. The summed E-state index contributed by atoms with van der Waals surface area (Å²) in [5, 5.41) is 0.378. The van der Waals surface area contributed by atoms with Crippen LogP contribution in [0.3, 0.4) is 0 Å². The number of carbonyl (C=O) groups excluding carboxylic acids is 1. The molecule has 0 radical (unpaired) electrons. The molecule has 1 heterocycles. The Morgan fingerprint density at radius 1 is 0.973 bits per heavy atom. The molecule has 1 fully saturated rings. The van der Waals surface area contributed by atoms with Crippen LogP contribution in [0, 0.1) is 5.82 Å². The molecule has 0 aliphatic carbocycles. The molecule has 0 atom stereocenters. The molecule has 0 saturated carbocycles. The smallest absolute Gasteiger partial charge is 0.281 e. The molecule has 0 bridgehead atoms. The van der Waals surface area contributed by atoms with E-state index in [2.05, 4.69) is 15.9 Å². The second-order valence-corrected chi connectivity index (χ2v) is 9.34. The zero-order valence-corrected chi connectivity index (χ0v) is 23.1. The minimum atomic E-state index is -0.302. The van der Waals surface area contributed by atoms with Crippen molar-refractivity contribution in [1.82, 2.24) is 4.90 Å². The van der Waals surface area contributed by atoms with Crippen molar-refractivity contribution < 1.29 is 23.4 Å². The number of amides is 1. The van der Waals surface area contributed by atoms with Crippen molar-refractivity contribution in [2.75, 3.05) is 25.2 Å². The number of hydrogen-bond acceptors (Lipinski definition) is 5. The van der Waals surface area contributed by atoms with Crippen LogP contribution in [-0.4, -0.2) is 36.2 Å². The van der Waals surface area contributed by atoms with Crippen molar-refractivity contribution >= 4 is 50.9 Å². The average molecular weight is 585 g/mol. The molecular weight excluding hydrogens is 559 g/mol. The summed E-state index contributed by atoms with van der Waals surface area (Å²) < 4.78 is 31.2. The fraction of sp³-hybridized carbons (Fsp3) is 0.214. The number of hydrogen-bond donors (Lipinski definition) is 0. The number of carbonyl (C=O) groups is 1. The molecule has 3 aromatic carbocycles. The molecule has 0 spiro atoms. The van der Waals surface area contributed by atoms with Gasteiger partial charge in [-0.3, -0.25) is 9.69 Å². The third kappa shape index (κ3) is 5.94. The average Bonchev–Trinajstić information content (AvgIpc) is 3.08. The minimum Gasteiger partial charge on any atom is -0.494 e. The highest BCUT2D eigenvalue weighted by Gasteiger charge is 2.36. The second-order valence-electron chi connectivity index (χ2n) is 8.12. The summed E-state index contributed by atoms with van der Waals surface area (Å²) in [7, 11) is 1.76. The van der Waals surface area contributed by atoms with Crippen LogP contribution in [0.15, 0.2) is 70.8 Å². The first-order chi connectivity index (χ1) is 17.8. The van der Waals surface area contributed by atoms with E-state index in [1.165, 1.54) is 17.0 Å². The highest BCUT2D eigenvalue weighted by Crippen LogP contribution is 2.39. The van der Waals surface area contributed by atoms with Gasteiger partial charge in [0, 0.05) is 7.05 Å². The maximum absolute atomic E-state index is 13.4. The summed E-state index contributed by atoms with van der Waals surface area (Å²) in [6.07, 6.45) is 1.76. The SMILES string of the molecule is CCOc1ccc(N2C(=O)/C(=C/c3cc(Br)c(OCc4ccc(F)cc4)c(OCC)c3)N(C)C2=S)cc1. The topological polar surface area (TPSA) is 51.2 Å². The third-order valence-electron chi connectivity index (χ3n) is 5.60. The summed E-state index contributed by atoms with van der Waals surface area (Å²) in [5.41, 5.74) is 2.64. The molecule has 3 aromatic rings. The number of halogens is 2. The summed E-state index contributed by atoms with van der Waals surface area (Å²) in [6.45, 7) is 5.02. The van der Waals surface area contributed by atoms with Crippen molar-refractivity contribution in [2.45, 2.75) is 20.5 Å². The molecular formula is C28H26BrFN2O4S. The van der Waals surface area contributed by atoms with Crippen molar-refractivity contribution in [3.8, 4) is 17.2 Å². The molecule has 1 aliphatic rings. The molecule has 1 amide bonds. The van der Waals surface area contributed by atoms with Gasteiger partial charge in [-0.1, -0.05) is 12.1 Å². The molecule has 192 valence electrons. The number of anilines is 1. The number of benzene rings is 3. The first-order valence-corrected chi connectivity index (χ1v) is 12.9. The van der Waals surface area contributed by atoms with E-state index in [9.17, 15) is 9.18 Å². The van der Waals surface area contributed by atoms with E-state index < -0.39 is 0 Å². The highest BCUT2D eigenvalue weighted by molar-refractivity contribution is 9.10. The van der Waals surface area contributed by atoms with Gasteiger partial charge >= 0.3 is 0 Å². The lowest BCUT2D eigenvalue weighted by Gasteiger charge is -2.17. The lowest BCUT2D eigenvalue weighted by Crippen LogP contribution is -2.31. The number of ether oxygens (including phenoxy) is 3. The standard InChI is InChI=1S/C28H26BrFN2O4S/c1-4-34-22-12-10-21(11-13-22)32-27(33)24(31(3)28(32)37)15-19-14-23(29)26(25(16-19)35-5-2)36-17-18-6-8-20(30)9-7-18/h6-16H,4-5,17H2,1-3H3/b24-15-. The van der Waals surface area contributed by atoms with E-state index in [-0.39, 0.29) is 18.3 Å². The fourth-order valence-electron chi connectivity index (χ4n) is 3.81. The summed E-state index contributed by atoms with van der Waals surface area (Å²) in [5.74, 6) is 1.23. The van der Waals surface area contributed by atoms with E-state index >= 15 is 0 Å². The van der Waals surface area contributed by atoms with Crippen molar-refractivity contribution in [2.24, 2.45) is 0 Å². The normalized spacial score (nSPS) is 14.5. The van der Waals surface area contributed by atoms with Crippen LogP contribution in [-0.2, 0) is 11.4 Å². The first kappa shape index (κ1) is 26.6. The molecule has 4 rings (SSSR count). The van der Waals surface area contributed by atoms with Gasteiger partial charge in [0.25, 0.3) is 5.91 Å². The molecule has 1 aliphatic heterocycles. The van der Waals surface area contributed by atoms with Gasteiger partial charge in [0.1, 0.15) is 23.9 Å². The van der Waals surface area contributed by atoms with Crippen LogP contribution in [0.1, 0.15) is 25.0 Å². The largest absolute Gasteiger partial charge is 0.494 e. The van der Waals surface area contributed by atoms with Crippen molar-refractivity contribution in [3.63, 3.8) is 0 Å². The van der Waals surface area contributed by atoms with Gasteiger partial charge in [0.05, 0.1) is 23.4 Å². The van der Waals surface area contributed by atoms with E-state index in [1.807, 2.05) is 50.2 Å². The zero-order valence-electron chi connectivity index (χ0n) is 20.7. The maximum atomic E-state index is 13.4. The Balaban J connectivity index is 1.60. The lowest BCUT2D eigenvalue weighted by molar-refractivity contribution is -0.114. The predicted octanol–water partition coefficient (Wildman–Crippen LogP) is 6.57. The Bertz CT molecular complexity index is 1330. The van der Waals surface area contributed by atoms with Crippen LogP contribution >= 0.6 is 28.1 Å². The Morgan fingerprint density at radius 3 is 2.30 bits per heavy atom. The number of rotatable bonds is 9. The number of nitrogens with zero attached hydrogens (tertiary/aromatic N) is 2. The second kappa shape index (κ2) is 11.7. The van der Waals surface area contributed by atoms with Crippen LogP contribution in [0.5, 0.6) is 17.2 Å². The summed E-state index contributed by atoms with van der Waals surface area (Å²) >= 11 is 9.16. The van der Waals surface area contributed by atoms with E-state index in [0.717, 1.165) is 16.9 Å². The molecule has 9 heteroatoms. The quantitative estimate of drug-likeness (QED) is 0.209. The lowest BCUT2D eigenvalue weighted by atomic mass is 10.1. The zero-order chi connectivity index (χ0) is 26.5. The van der Waals surface area contributed by atoms with Gasteiger partial charge in [0.2, 0.25) is 0 Å². The Morgan fingerprint density at radius 2 is 1.65 bits per heavy atom.